The van der Waals surface area contributed by atoms with Gasteiger partial charge in [0.15, 0.2) is 0 Å². The van der Waals surface area contributed by atoms with Gasteiger partial charge in [-0.2, -0.15) is 0 Å². The normalized spacial score (nSPS) is 36.0. The summed E-state index contributed by atoms with van der Waals surface area (Å²) in [7, 11) is 0. The van der Waals surface area contributed by atoms with Crippen molar-refractivity contribution in [3.05, 3.63) is 0 Å². The summed E-state index contributed by atoms with van der Waals surface area (Å²) in [5.74, 6) is 0. The van der Waals surface area contributed by atoms with Crippen LogP contribution in [0.25, 0.3) is 0 Å². The number of nitrogens with zero attached hydrogens (tertiary/aromatic N) is 1. The van der Waals surface area contributed by atoms with Crippen molar-refractivity contribution in [2.75, 3.05) is 19.8 Å². The Morgan fingerprint density at radius 2 is 1.87 bits per heavy atom. The quantitative estimate of drug-likeness (QED) is 0.699. The highest BCUT2D eigenvalue weighted by atomic mass is 16.5. The third-order valence-corrected chi connectivity index (χ3v) is 3.76. The Hall–Kier alpha value is -0.120. The van der Waals surface area contributed by atoms with Crippen LogP contribution in [-0.2, 0) is 4.74 Å². The molecular weight excluding hydrogens is 188 g/mol. The average Bonchev–Trinajstić information content (AvgIpc) is 2.46. The number of fused-ring (bicyclic) bond motifs is 2. The van der Waals surface area contributed by atoms with Gasteiger partial charge in [-0.15, -0.1) is 0 Å². The maximum absolute atomic E-state index is 6.04. The van der Waals surface area contributed by atoms with Crippen molar-refractivity contribution in [3.8, 4) is 0 Å². The summed E-state index contributed by atoms with van der Waals surface area (Å²) in [5, 5.41) is 0. The van der Waals surface area contributed by atoms with Crippen molar-refractivity contribution in [2.24, 2.45) is 5.73 Å². The predicted molar refractivity (Wildman–Crippen MR) is 61.8 cm³/mol. The van der Waals surface area contributed by atoms with Crippen molar-refractivity contribution in [1.82, 2.24) is 4.90 Å². The fourth-order valence-electron chi connectivity index (χ4n) is 3.10. The zero-order chi connectivity index (χ0) is 10.7. The van der Waals surface area contributed by atoms with E-state index in [2.05, 4.69) is 11.8 Å². The van der Waals surface area contributed by atoms with Crippen molar-refractivity contribution >= 4 is 0 Å². The van der Waals surface area contributed by atoms with E-state index in [4.69, 9.17) is 10.5 Å². The molecule has 0 aromatic carbocycles. The molecule has 3 heteroatoms. The Morgan fingerprint density at radius 1 is 1.20 bits per heavy atom. The molecule has 2 fully saturated rings. The van der Waals surface area contributed by atoms with Gasteiger partial charge in [0.1, 0.15) is 0 Å². The summed E-state index contributed by atoms with van der Waals surface area (Å²) in [6.45, 7) is 5.07. The minimum atomic E-state index is 0.454. The van der Waals surface area contributed by atoms with E-state index in [1.54, 1.807) is 0 Å². The molecular formula is C12H24N2O. The Morgan fingerprint density at radius 3 is 2.47 bits per heavy atom. The first-order valence-corrected chi connectivity index (χ1v) is 6.40. The second-order valence-corrected chi connectivity index (χ2v) is 4.97. The fourth-order valence-corrected chi connectivity index (χ4v) is 3.10. The summed E-state index contributed by atoms with van der Waals surface area (Å²) in [6.07, 6.45) is 6.23. The molecule has 15 heavy (non-hydrogen) atoms. The lowest BCUT2D eigenvalue weighted by molar-refractivity contribution is 0.0632. The molecule has 0 aromatic heterocycles. The molecule has 2 atom stereocenters. The van der Waals surface area contributed by atoms with Gasteiger partial charge in [0.2, 0.25) is 0 Å². The lowest BCUT2D eigenvalue weighted by Gasteiger charge is -2.37. The number of ether oxygens (including phenoxy) is 1. The minimum Gasteiger partial charge on any atom is -0.380 e. The van der Waals surface area contributed by atoms with Gasteiger partial charge in [-0.1, -0.05) is 6.92 Å². The molecule has 2 rings (SSSR count). The van der Waals surface area contributed by atoms with E-state index < -0.39 is 0 Å². The van der Waals surface area contributed by atoms with Gasteiger partial charge in [0, 0.05) is 31.3 Å². The van der Waals surface area contributed by atoms with Crippen LogP contribution in [-0.4, -0.2) is 42.8 Å². The van der Waals surface area contributed by atoms with Gasteiger partial charge in [-0.3, -0.25) is 4.90 Å². The number of nitrogens with two attached hydrogens (primary N) is 1. The van der Waals surface area contributed by atoms with E-state index in [1.165, 1.54) is 25.7 Å². The fraction of sp³-hybridized carbons (Fsp3) is 1.00. The average molecular weight is 212 g/mol. The molecule has 0 spiro atoms. The molecule has 0 radical (unpaired) electrons. The molecule has 2 saturated heterocycles. The molecule has 2 bridgehead atoms. The predicted octanol–water partition coefficient (Wildman–Crippen LogP) is 1.37. The smallest absolute Gasteiger partial charge is 0.0593 e. The minimum absolute atomic E-state index is 0.454. The number of rotatable bonds is 5. The van der Waals surface area contributed by atoms with Crippen molar-refractivity contribution in [2.45, 2.75) is 57.2 Å². The van der Waals surface area contributed by atoms with E-state index in [9.17, 15) is 0 Å². The summed E-state index contributed by atoms with van der Waals surface area (Å²) in [6, 6.07) is 1.96. The molecule has 0 aliphatic carbocycles. The Kier molecular flexibility index (Phi) is 4.00. The van der Waals surface area contributed by atoms with Crippen LogP contribution in [0.1, 0.15) is 39.0 Å². The molecule has 88 valence electrons. The summed E-state index contributed by atoms with van der Waals surface area (Å²) in [5.41, 5.74) is 6.04. The SMILES string of the molecule is CCCOCCN1C2CCC1CC(N)C2. The van der Waals surface area contributed by atoms with Crippen LogP contribution in [0.4, 0.5) is 0 Å². The summed E-state index contributed by atoms with van der Waals surface area (Å²) in [4.78, 5) is 2.64. The van der Waals surface area contributed by atoms with Gasteiger partial charge >= 0.3 is 0 Å². The Labute approximate surface area is 93.0 Å². The third-order valence-electron chi connectivity index (χ3n) is 3.76. The van der Waals surface area contributed by atoms with Crippen LogP contribution >= 0.6 is 0 Å². The molecule has 2 heterocycles. The highest BCUT2D eigenvalue weighted by molar-refractivity contribution is 4.96. The van der Waals surface area contributed by atoms with E-state index in [0.717, 1.165) is 38.3 Å². The second kappa shape index (κ2) is 5.28. The van der Waals surface area contributed by atoms with E-state index in [-0.39, 0.29) is 0 Å². The maximum Gasteiger partial charge on any atom is 0.0593 e. The first-order chi connectivity index (χ1) is 7.31. The van der Waals surface area contributed by atoms with Crippen LogP contribution < -0.4 is 5.73 Å². The standard InChI is InChI=1S/C12H24N2O/c1-2-6-15-7-5-14-11-3-4-12(14)9-10(13)8-11/h10-12H,2-9,13H2,1H3. The van der Waals surface area contributed by atoms with Gasteiger partial charge in [-0.05, 0) is 32.1 Å². The Bertz CT molecular complexity index is 184. The zero-order valence-corrected chi connectivity index (χ0v) is 9.82. The molecule has 2 aliphatic rings. The van der Waals surface area contributed by atoms with Gasteiger partial charge in [0.25, 0.3) is 0 Å². The van der Waals surface area contributed by atoms with Gasteiger partial charge in [-0.25, -0.2) is 0 Å². The van der Waals surface area contributed by atoms with E-state index in [0.29, 0.717) is 6.04 Å². The molecule has 2 unspecified atom stereocenters. The molecule has 3 nitrogen and oxygen atoms in total. The molecule has 0 amide bonds. The summed E-state index contributed by atoms with van der Waals surface area (Å²) < 4.78 is 5.56. The van der Waals surface area contributed by atoms with Crippen LogP contribution in [0.3, 0.4) is 0 Å². The first-order valence-electron chi connectivity index (χ1n) is 6.40. The summed E-state index contributed by atoms with van der Waals surface area (Å²) >= 11 is 0. The lowest BCUT2D eigenvalue weighted by atomic mass is 9.98. The van der Waals surface area contributed by atoms with Crippen molar-refractivity contribution in [3.63, 3.8) is 0 Å². The highest BCUT2D eigenvalue weighted by Crippen LogP contribution is 2.34. The molecule has 0 saturated carbocycles. The molecule has 0 aromatic rings. The topological polar surface area (TPSA) is 38.5 Å². The van der Waals surface area contributed by atoms with E-state index >= 15 is 0 Å². The Balaban J connectivity index is 1.74. The first kappa shape index (κ1) is 11.4. The van der Waals surface area contributed by atoms with Crippen LogP contribution in [0.5, 0.6) is 0 Å². The number of hydrogen-bond acceptors (Lipinski definition) is 3. The van der Waals surface area contributed by atoms with Crippen LogP contribution in [0.2, 0.25) is 0 Å². The van der Waals surface area contributed by atoms with Gasteiger partial charge in [0.05, 0.1) is 6.61 Å². The van der Waals surface area contributed by atoms with Gasteiger partial charge < -0.3 is 10.5 Å². The van der Waals surface area contributed by atoms with Crippen LogP contribution in [0.15, 0.2) is 0 Å². The molecule has 2 N–H and O–H groups in total. The largest absolute Gasteiger partial charge is 0.380 e. The van der Waals surface area contributed by atoms with Crippen LogP contribution in [0, 0.1) is 0 Å². The van der Waals surface area contributed by atoms with E-state index in [1.807, 2.05) is 0 Å². The lowest BCUT2D eigenvalue weighted by Crippen LogP contribution is -2.48. The maximum atomic E-state index is 6.04. The number of hydrogen-bond donors (Lipinski definition) is 1. The van der Waals surface area contributed by atoms with Crippen molar-refractivity contribution < 1.29 is 4.74 Å². The molecule has 2 aliphatic heterocycles. The van der Waals surface area contributed by atoms with Crippen molar-refractivity contribution in [1.29, 1.82) is 0 Å². The zero-order valence-electron chi connectivity index (χ0n) is 9.82. The highest BCUT2D eigenvalue weighted by Gasteiger charge is 2.38. The second-order valence-electron chi connectivity index (χ2n) is 4.97. The third kappa shape index (κ3) is 2.71. The number of piperidine rings is 1. The monoisotopic (exact) mass is 212 g/mol.